The molecule has 0 radical (unpaired) electrons. The van der Waals surface area contributed by atoms with Crippen molar-refractivity contribution in [2.75, 3.05) is 24.2 Å². The summed E-state index contributed by atoms with van der Waals surface area (Å²) in [6, 6.07) is 0.508. The summed E-state index contributed by atoms with van der Waals surface area (Å²) < 4.78 is 5.47. The zero-order valence-electron chi connectivity index (χ0n) is 10.6. The van der Waals surface area contributed by atoms with Gasteiger partial charge < -0.3 is 21.1 Å². The molecule has 0 spiro atoms. The predicted octanol–water partition coefficient (Wildman–Crippen LogP) is 1.21. The third kappa shape index (κ3) is 3.16. The van der Waals surface area contributed by atoms with Crippen LogP contribution in [0.5, 0.6) is 0 Å². The van der Waals surface area contributed by atoms with E-state index in [0.717, 1.165) is 24.6 Å². The predicted molar refractivity (Wildman–Crippen MR) is 74.5 cm³/mol. The van der Waals surface area contributed by atoms with Crippen LogP contribution in [0.3, 0.4) is 0 Å². The molecule has 4 N–H and O–H groups in total. The highest BCUT2D eigenvalue weighted by molar-refractivity contribution is 7.18. The van der Waals surface area contributed by atoms with E-state index in [4.69, 9.17) is 10.5 Å². The second kappa shape index (κ2) is 5.34. The van der Waals surface area contributed by atoms with Crippen molar-refractivity contribution in [3.8, 4) is 0 Å². The lowest BCUT2D eigenvalue weighted by atomic mass is 10.2. The number of carbonyl (C=O) groups excluding carboxylic acids is 1. The maximum atomic E-state index is 12.0. The summed E-state index contributed by atoms with van der Waals surface area (Å²) in [5.74, 6) is 0.146. The quantitative estimate of drug-likeness (QED) is 0.755. The van der Waals surface area contributed by atoms with Gasteiger partial charge in [-0.25, -0.2) is 4.98 Å². The number of thiazole rings is 1. The number of nitrogens with one attached hydrogen (secondary N) is 2. The second-order valence-corrected chi connectivity index (χ2v) is 6.00. The fourth-order valence-electron chi connectivity index (χ4n) is 2.05. The van der Waals surface area contributed by atoms with E-state index in [1.54, 1.807) is 0 Å². The van der Waals surface area contributed by atoms with Crippen molar-refractivity contribution >= 4 is 28.2 Å². The summed E-state index contributed by atoms with van der Waals surface area (Å²) in [6.45, 7) is 1.33. The molecule has 2 heterocycles. The largest absolute Gasteiger partial charge is 0.382 e. The summed E-state index contributed by atoms with van der Waals surface area (Å²) >= 11 is 1.32. The van der Waals surface area contributed by atoms with Crippen LogP contribution in [0, 0.1) is 0 Å². The first kappa shape index (κ1) is 12.7. The number of nitrogens with zero attached hydrogens (tertiary/aromatic N) is 1. The summed E-state index contributed by atoms with van der Waals surface area (Å²) in [7, 11) is 0. The zero-order chi connectivity index (χ0) is 13.2. The van der Waals surface area contributed by atoms with Crippen molar-refractivity contribution in [3.63, 3.8) is 0 Å². The number of rotatable bonds is 5. The van der Waals surface area contributed by atoms with Crippen molar-refractivity contribution in [1.82, 2.24) is 10.3 Å². The Bertz CT molecular complexity index is 466. The maximum Gasteiger partial charge on any atom is 0.265 e. The van der Waals surface area contributed by atoms with Crippen LogP contribution in [0.25, 0.3) is 0 Å². The van der Waals surface area contributed by atoms with Crippen LogP contribution in [-0.4, -0.2) is 36.2 Å². The molecule has 0 bridgehead atoms. The third-order valence-electron chi connectivity index (χ3n) is 3.28. The van der Waals surface area contributed by atoms with Gasteiger partial charge in [-0.1, -0.05) is 11.3 Å². The Morgan fingerprint density at radius 2 is 2.32 bits per heavy atom. The van der Waals surface area contributed by atoms with Crippen LogP contribution >= 0.6 is 11.3 Å². The van der Waals surface area contributed by atoms with Gasteiger partial charge in [0.25, 0.3) is 5.91 Å². The highest BCUT2D eigenvalue weighted by Crippen LogP contribution is 2.30. The molecule has 1 aromatic rings. The Morgan fingerprint density at radius 3 is 3.00 bits per heavy atom. The average molecular weight is 282 g/mol. The number of nitrogen functional groups attached to an aromatic ring is 1. The van der Waals surface area contributed by atoms with Crippen molar-refractivity contribution in [2.45, 2.75) is 37.8 Å². The molecule has 1 unspecified atom stereocenters. The molecule has 0 aromatic carbocycles. The molecule has 1 atom stereocenters. The highest BCUT2D eigenvalue weighted by Gasteiger charge is 2.24. The summed E-state index contributed by atoms with van der Waals surface area (Å²) in [6.07, 6.45) is 4.55. The van der Waals surface area contributed by atoms with Crippen molar-refractivity contribution < 1.29 is 9.53 Å². The molecule has 104 valence electrons. The number of aromatic nitrogens is 1. The van der Waals surface area contributed by atoms with Crippen molar-refractivity contribution in [3.05, 3.63) is 4.88 Å². The molecule has 1 saturated heterocycles. The average Bonchev–Trinajstić information content (AvgIpc) is 2.90. The van der Waals surface area contributed by atoms with Gasteiger partial charge >= 0.3 is 0 Å². The lowest BCUT2D eigenvalue weighted by Gasteiger charge is -2.09. The Kier molecular flexibility index (Phi) is 3.56. The van der Waals surface area contributed by atoms with Crippen molar-refractivity contribution in [1.29, 1.82) is 0 Å². The van der Waals surface area contributed by atoms with E-state index in [2.05, 4.69) is 15.6 Å². The topological polar surface area (TPSA) is 89.3 Å². The van der Waals surface area contributed by atoms with E-state index < -0.39 is 0 Å². The molecule has 7 heteroatoms. The number of nitrogens with two attached hydrogens (primary N) is 1. The first-order chi connectivity index (χ1) is 9.22. The van der Waals surface area contributed by atoms with E-state index in [0.29, 0.717) is 23.3 Å². The van der Waals surface area contributed by atoms with Crippen molar-refractivity contribution in [2.24, 2.45) is 0 Å². The summed E-state index contributed by atoms with van der Waals surface area (Å²) in [4.78, 5) is 16.7. The minimum absolute atomic E-state index is 0.141. The van der Waals surface area contributed by atoms with E-state index in [-0.39, 0.29) is 12.0 Å². The monoisotopic (exact) mass is 282 g/mol. The first-order valence-electron chi connectivity index (χ1n) is 6.65. The van der Waals surface area contributed by atoms with Gasteiger partial charge in [-0.3, -0.25) is 4.79 Å². The molecule has 1 amide bonds. The van der Waals surface area contributed by atoms with Gasteiger partial charge in [-0.05, 0) is 25.7 Å². The number of amides is 1. The molecule has 2 aliphatic rings. The van der Waals surface area contributed by atoms with E-state index in [9.17, 15) is 4.79 Å². The Morgan fingerprint density at radius 1 is 1.47 bits per heavy atom. The summed E-state index contributed by atoms with van der Waals surface area (Å²) in [5, 5.41) is 6.85. The SMILES string of the molecule is Nc1nc(NC2CC2)sc1C(=O)NCC1CCCO1. The molecular weight excluding hydrogens is 264 g/mol. The minimum Gasteiger partial charge on any atom is -0.382 e. The van der Waals surface area contributed by atoms with Crippen LogP contribution in [0.2, 0.25) is 0 Å². The van der Waals surface area contributed by atoms with Gasteiger partial charge in [0.1, 0.15) is 10.7 Å². The van der Waals surface area contributed by atoms with E-state index >= 15 is 0 Å². The van der Waals surface area contributed by atoms with Gasteiger partial charge in [0.05, 0.1) is 6.10 Å². The molecule has 6 nitrogen and oxygen atoms in total. The zero-order valence-corrected chi connectivity index (χ0v) is 11.5. The number of anilines is 2. The molecule has 2 fully saturated rings. The molecule has 3 rings (SSSR count). The van der Waals surface area contributed by atoms with Gasteiger partial charge in [0.15, 0.2) is 5.13 Å². The first-order valence-corrected chi connectivity index (χ1v) is 7.46. The Balaban J connectivity index is 1.56. The van der Waals surface area contributed by atoms with E-state index in [1.807, 2.05) is 0 Å². The van der Waals surface area contributed by atoms with Crippen LogP contribution < -0.4 is 16.4 Å². The number of carbonyl (C=O) groups is 1. The van der Waals surface area contributed by atoms with E-state index in [1.165, 1.54) is 24.2 Å². The number of ether oxygens (including phenoxy) is 1. The normalized spacial score (nSPS) is 22.4. The van der Waals surface area contributed by atoms with Crippen LogP contribution in [0.4, 0.5) is 10.9 Å². The molecule has 1 aliphatic carbocycles. The Labute approximate surface area is 115 Å². The third-order valence-corrected chi connectivity index (χ3v) is 4.28. The minimum atomic E-state index is -0.158. The van der Waals surface area contributed by atoms with Crippen LogP contribution in [-0.2, 0) is 4.74 Å². The van der Waals surface area contributed by atoms with Crippen LogP contribution in [0.15, 0.2) is 0 Å². The second-order valence-electron chi connectivity index (χ2n) is 5.00. The lowest BCUT2D eigenvalue weighted by Crippen LogP contribution is -2.31. The molecule has 1 saturated carbocycles. The van der Waals surface area contributed by atoms with Gasteiger partial charge in [0, 0.05) is 19.2 Å². The van der Waals surface area contributed by atoms with Gasteiger partial charge in [-0.15, -0.1) is 0 Å². The smallest absolute Gasteiger partial charge is 0.265 e. The molecule has 1 aromatic heterocycles. The standard InChI is InChI=1S/C12H18N4O2S/c13-10-9(19-12(16-10)15-7-3-4-7)11(17)14-6-8-2-1-5-18-8/h7-8H,1-6,13H2,(H,14,17)(H,15,16). The molecule has 19 heavy (non-hydrogen) atoms. The maximum absolute atomic E-state index is 12.0. The fourth-order valence-corrected chi connectivity index (χ4v) is 2.93. The number of hydrogen-bond acceptors (Lipinski definition) is 6. The van der Waals surface area contributed by atoms with Gasteiger partial charge in [-0.2, -0.15) is 0 Å². The van der Waals surface area contributed by atoms with Crippen LogP contribution in [0.1, 0.15) is 35.4 Å². The lowest BCUT2D eigenvalue weighted by molar-refractivity contribution is 0.0861. The molecule has 1 aliphatic heterocycles. The fraction of sp³-hybridized carbons (Fsp3) is 0.667. The highest BCUT2D eigenvalue weighted by atomic mass is 32.1. The number of hydrogen-bond donors (Lipinski definition) is 3. The Hall–Kier alpha value is -1.34. The molecular formula is C12H18N4O2S. The van der Waals surface area contributed by atoms with Gasteiger partial charge in [0.2, 0.25) is 0 Å². The summed E-state index contributed by atoms with van der Waals surface area (Å²) in [5.41, 5.74) is 5.79.